The zero-order valence-electron chi connectivity index (χ0n) is 11.1. The minimum absolute atomic E-state index is 0.0449. The summed E-state index contributed by atoms with van der Waals surface area (Å²) < 4.78 is 27.4. The predicted molar refractivity (Wildman–Crippen MR) is 68.5 cm³/mol. The van der Waals surface area contributed by atoms with Gasteiger partial charge in [-0.1, -0.05) is 26.0 Å². The van der Waals surface area contributed by atoms with Gasteiger partial charge in [-0.15, -0.1) is 5.10 Å². The third kappa shape index (κ3) is 3.08. The van der Waals surface area contributed by atoms with Gasteiger partial charge in [0.15, 0.2) is 0 Å². The lowest BCUT2D eigenvalue weighted by atomic mass is 9.94. The second-order valence-electron chi connectivity index (χ2n) is 5.98. The Labute approximate surface area is 108 Å². The molecule has 6 nitrogen and oxygen atoms in total. The number of hydrogen-bond acceptors (Lipinski definition) is 4. The second-order valence-corrected chi connectivity index (χ2v) is 8.07. The largest absolute Gasteiger partial charge is 0.247 e. The first-order chi connectivity index (χ1) is 8.28. The molecule has 0 unspecified atom stereocenters. The smallest absolute Gasteiger partial charge is 0.214 e. The molecule has 0 amide bonds. The van der Waals surface area contributed by atoms with Crippen molar-refractivity contribution in [3.05, 3.63) is 12.4 Å². The van der Waals surface area contributed by atoms with Crippen LogP contribution in [0.4, 0.5) is 0 Å². The SMILES string of the molecule is CC(C)(C)CCS(=O)(=O)N1CC(n2ccnn2)C1. The summed E-state index contributed by atoms with van der Waals surface area (Å²) in [6.45, 7) is 7.18. The molecule has 0 aromatic carbocycles. The van der Waals surface area contributed by atoms with Crippen LogP contribution >= 0.6 is 0 Å². The van der Waals surface area contributed by atoms with Crippen LogP contribution in [0.1, 0.15) is 33.2 Å². The van der Waals surface area contributed by atoms with Gasteiger partial charge in [0.1, 0.15) is 0 Å². The molecule has 0 saturated carbocycles. The minimum atomic E-state index is -3.11. The Morgan fingerprint density at radius 1 is 1.33 bits per heavy atom. The van der Waals surface area contributed by atoms with Crippen molar-refractivity contribution in [1.82, 2.24) is 19.3 Å². The highest BCUT2D eigenvalue weighted by Gasteiger charge is 2.37. The van der Waals surface area contributed by atoms with Gasteiger partial charge in [0, 0.05) is 19.3 Å². The van der Waals surface area contributed by atoms with Crippen molar-refractivity contribution >= 4 is 10.0 Å². The molecular formula is C11H20N4O2S. The van der Waals surface area contributed by atoms with Crippen LogP contribution in [0.25, 0.3) is 0 Å². The van der Waals surface area contributed by atoms with E-state index in [-0.39, 0.29) is 17.2 Å². The zero-order chi connectivity index (χ0) is 13.4. The number of hydrogen-bond donors (Lipinski definition) is 0. The average Bonchev–Trinajstić information content (AvgIpc) is 2.64. The maximum Gasteiger partial charge on any atom is 0.214 e. The monoisotopic (exact) mass is 272 g/mol. The number of aromatic nitrogens is 3. The average molecular weight is 272 g/mol. The fourth-order valence-electron chi connectivity index (χ4n) is 1.79. The highest BCUT2D eigenvalue weighted by Crippen LogP contribution is 2.26. The summed E-state index contributed by atoms with van der Waals surface area (Å²) in [5.41, 5.74) is 0.0449. The Kier molecular flexibility index (Phi) is 3.46. The molecule has 0 N–H and O–H groups in total. The van der Waals surface area contributed by atoms with E-state index in [4.69, 9.17) is 0 Å². The standard InChI is InChI=1S/C11H20N4O2S/c1-11(2,3)4-7-18(16,17)14-8-10(9-14)15-6-5-12-13-15/h5-6,10H,4,7-9H2,1-3H3. The summed E-state index contributed by atoms with van der Waals surface area (Å²) in [5.74, 6) is 0.223. The molecule has 1 saturated heterocycles. The molecule has 0 aliphatic carbocycles. The molecule has 0 atom stereocenters. The van der Waals surface area contributed by atoms with Crippen molar-refractivity contribution < 1.29 is 8.42 Å². The van der Waals surface area contributed by atoms with Crippen LogP contribution in [-0.2, 0) is 10.0 Å². The summed E-state index contributed by atoms with van der Waals surface area (Å²) in [6, 6.07) is 0.136. The van der Waals surface area contributed by atoms with E-state index in [0.717, 1.165) is 0 Å². The van der Waals surface area contributed by atoms with Crippen molar-refractivity contribution in [2.24, 2.45) is 5.41 Å². The first-order valence-electron chi connectivity index (χ1n) is 6.12. The topological polar surface area (TPSA) is 68.1 Å². The fraction of sp³-hybridized carbons (Fsp3) is 0.818. The van der Waals surface area contributed by atoms with Crippen LogP contribution < -0.4 is 0 Å². The van der Waals surface area contributed by atoms with Crippen molar-refractivity contribution in [3.8, 4) is 0 Å². The first-order valence-corrected chi connectivity index (χ1v) is 7.72. The van der Waals surface area contributed by atoms with Gasteiger partial charge in [-0.25, -0.2) is 13.1 Å². The van der Waals surface area contributed by atoms with Gasteiger partial charge >= 0.3 is 0 Å². The Morgan fingerprint density at radius 2 is 2.00 bits per heavy atom. The third-order valence-electron chi connectivity index (χ3n) is 3.15. The van der Waals surface area contributed by atoms with Crippen LogP contribution in [0.2, 0.25) is 0 Å². The molecule has 1 aromatic heterocycles. The molecule has 0 bridgehead atoms. The lowest BCUT2D eigenvalue weighted by Crippen LogP contribution is -2.51. The van der Waals surface area contributed by atoms with E-state index in [1.165, 1.54) is 4.31 Å². The van der Waals surface area contributed by atoms with E-state index in [0.29, 0.717) is 19.5 Å². The summed E-state index contributed by atoms with van der Waals surface area (Å²) >= 11 is 0. The van der Waals surface area contributed by atoms with E-state index in [9.17, 15) is 8.42 Å². The summed E-state index contributed by atoms with van der Waals surface area (Å²) in [5, 5.41) is 7.61. The van der Waals surface area contributed by atoms with E-state index in [1.54, 1.807) is 17.1 Å². The predicted octanol–water partition coefficient (Wildman–Crippen LogP) is 0.901. The van der Waals surface area contributed by atoms with E-state index in [1.807, 2.05) is 0 Å². The third-order valence-corrected chi connectivity index (χ3v) is 4.95. The highest BCUT2D eigenvalue weighted by atomic mass is 32.2. The Morgan fingerprint density at radius 3 is 2.50 bits per heavy atom. The molecule has 1 aromatic rings. The molecule has 1 aliphatic rings. The summed E-state index contributed by atoms with van der Waals surface area (Å²) in [4.78, 5) is 0. The maximum absolute atomic E-state index is 12.1. The number of nitrogens with zero attached hydrogens (tertiary/aromatic N) is 4. The van der Waals surface area contributed by atoms with Gasteiger partial charge in [0.2, 0.25) is 10.0 Å². The van der Waals surface area contributed by atoms with Gasteiger partial charge in [0.05, 0.1) is 18.0 Å². The molecule has 2 rings (SSSR count). The lowest BCUT2D eigenvalue weighted by molar-refractivity contribution is 0.188. The molecule has 7 heteroatoms. The van der Waals surface area contributed by atoms with E-state index < -0.39 is 10.0 Å². The molecule has 18 heavy (non-hydrogen) atoms. The number of rotatable bonds is 4. The van der Waals surface area contributed by atoms with E-state index in [2.05, 4.69) is 31.1 Å². The van der Waals surface area contributed by atoms with Gasteiger partial charge in [-0.2, -0.15) is 4.31 Å². The summed E-state index contributed by atoms with van der Waals surface area (Å²) in [7, 11) is -3.11. The van der Waals surface area contributed by atoms with Gasteiger partial charge in [-0.3, -0.25) is 0 Å². The van der Waals surface area contributed by atoms with Crippen LogP contribution in [0.3, 0.4) is 0 Å². The molecule has 0 spiro atoms. The van der Waals surface area contributed by atoms with Crippen LogP contribution in [0, 0.1) is 5.41 Å². The molecule has 2 heterocycles. The molecule has 1 fully saturated rings. The minimum Gasteiger partial charge on any atom is -0.247 e. The highest BCUT2D eigenvalue weighted by molar-refractivity contribution is 7.89. The maximum atomic E-state index is 12.1. The van der Waals surface area contributed by atoms with Crippen LogP contribution in [0.5, 0.6) is 0 Å². The molecule has 1 aliphatic heterocycles. The molecule has 102 valence electrons. The lowest BCUT2D eigenvalue weighted by Gasteiger charge is -2.38. The fourth-order valence-corrected chi connectivity index (χ4v) is 3.71. The van der Waals surface area contributed by atoms with Crippen LogP contribution in [0.15, 0.2) is 12.4 Å². The van der Waals surface area contributed by atoms with Crippen molar-refractivity contribution in [2.45, 2.75) is 33.2 Å². The van der Waals surface area contributed by atoms with Crippen molar-refractivity contribution in [2.75, 3.05) is 18.8 Å². The molecular weight excluding hydrogens is 252 g/mol. The Hall–Kier alpha value is -0.950. The first kappa shape index (κ1) is 13.5. The molecule has 0 radical (unpaired) electrons. The van der Waals surface area contributed by atoms with Gasteiger partial charge in [-0.05, 0) is 11.8 Å². The number of sulfonamides is 1. The van der Waals surface area contributed by atoms with Crippen molar-refractivity contribution in [3.63, 3.8) is 0 Å². The van der Waals surface area contributed by atoms with Gasteiger partial charge < -0.3 is 0 Å². The Bertz CT molecular complexity index is 484. The van der Waals surface area contributed by atoms with Gasteiger partial charge in [0.25, 0.3) is 0 Å². The normalized spacial score (nSPS) is 18.8. The quantitative estimate of drug-likeness (QED) is 0.816. The van der Waals surface area contributed by atoms with E-state index >= 15 is 0 Å². The zero-order valence-corrected chi connectivity index (χ0v) is 11.9. The van der Waals surface area contributed by atoms with Crippen LogP contribution in [-0.4, -0.2) is 46.6 Å². The Balaban J connectivity index is 1.87. The summed E-state index contributed by atoms with van der Waals surface area (Å²) in [6.07, 6.45) is 4.06. The van der Waals surface area contributed by atoms with Crippen molar-refractivity contribution in [1.29, 1.82) is 0 Å². The second kappa shape index (κ2) is 4.62.